The van der Waals surface area contributed by atoms with Crippen LogP contribution >= 0.6 is 31.9 Å². The lowest BCUT2D eigenvalue weighted by Crippen LogP contribution is -2.24. The predicted molar refractivity (Wildman–Crippen MR) is 105 cm³/mol. The number of halogens is 2. The summed E-state index contributed by atoms with van der Waals surface area (Å²) in [5.74, 6) is -2.08. The lowest BCUT2D eigenvalue weighted by molar-refractivity contribution is -0.137. The van der Waals surface area contributed by atoms with Gasteiger partial charge in [-0.1, -0.05) is 24.3 Å². The van der Waals surface area contributed by atoms with Gasteiger partial charge in [-0.05, 0) is 44.3 Å². The van der Waals surface area contributed by atoms with E-state index < -0.39 is 11.9 Å². The Hall–Kier alpha value is -2.32. The highest BCUT2D eigenvalue weighted by Gasteiger charge is 2.34. The molecule has 3 rings (SSSR count). The maximum absolute atomic E-state index is 13.0. The number of hydrogen-bond donors (Lipinski definition) is 2. The van der Waals surface area contributed by atoms with Crippen LogP contribution in [0.1, 0.15) is 51.1 Å². The topological polar surface area (TPSA) is 101 Å². The molecule has 0 aromatic heterocycles. The van der Waals surface area contributed by atoms with E-state index >= 15 is 0 Å². The predicted octanol–water partition coefficient (Wildman–Crippen LogP) is 4.18. The molecule has 1 aliphatic rings. The zero-order valence-electron chi connectivity index (χ0n) is 13.8. The van der Waals surface area contributed by atoms with Crippen molar-refractivity contribution in [2.24, 2.45) is 0 Å². The standard InChI is InChI=1S/C19H13Br2NO5/c20-11-8-12(21)17(22-13(23)6-3-7-14(24)25)16-15(11)18(26)9-4-1-2-5-10(9)19(16)27/h1-2,4-5,8H,3,6-7H2,(H,22,23)(H,24,25). The summed E-state index contributed by atoms with van der Waals surface area (Å²) in [6, 6.07) is 8.13. The van der Waals surface area contributed by atoms with Gasteiger partial charge in [-0.15, -0.1) is 0 Å². The van der Waals surface area contributed by atoms with Crippen LogP contribution in [-0.4, -0.2) is 28.5 Å². The molecule has 0 heterocycles. The Kier molecular flexibility index (Phi) is 5.57. The molecule has 27 heavy (non-hydrogen) atoms. The number of carbonyl (C=O) groups is 4. The number of hydrogen-bond acceptors (Lipinski definition) is 4. The quantitative estimate of drug-likeness (QED) is 0.554. The van der Waals surface area contributed by atoms with Crippen molar-refractivity contribution in [2.75, 3.05) is 5.32 Å². The fourth-order valence-corrected chi connectivity index (χ4v) is 4.38. The summed E-state index contributed by atoms with van der Waals surface area (Å²) in [6.45, 7) is 0. The SMILES string of the molecule is O=C(O)CCCC(=O)Nc1c(Br)cc(Br)c2c1C(=O)c1ccccc1C2=O. The molecule has 0 aliphatic heterocycles. The molecule has 1 aliphatic carbocycles. The Labute approximate surface area is 171 Å². The lowest BCUT2D eigenvalue weighted by atomic mass is 9.83. The average molecular weight is 495 g/mol. The molecule has 138 valence electrons. The molecule has 8 heteroatoms. The number of carbonyl (C=O) groups excluding carboxylic acids is 3. The third kappa shape index (κ3) is 3.72. The van der Waals surface area contributed by atoms with Crippen molar-refractivity contribution in [2.45, 2.75) is 19.3 Å². The van der Waals surface area contributed by atoms with Crippen LogP contribution < -0.4 is 5.32 Å². The summed E-state index contributed by atoms with van der Waals surface area (Å²) >= 11 is 6.66. The molecule has 0 bridgehead atoms. The molecule has 0 spiro atoms. The number of amides is 1. The lowest BCUT2D eigenvalue weighted by Gasteiger charge is -2.22. The number of nitrogens with one attached hydrogen (secondary N) is 1. The van der Waals surface area contributed by atoms with Crippen molar-refractivity contribution < 1.29 is 24.3 Å². The number of aliphatic carboxylic acids is 1. The van der Waals surface area contributed by atoms with Gasteiger partial charge in [0.1, 0.15) is 0 Å². The van der Waals surface area contributed by atoms with Crippen LogP contribution in [0.15, 0.2) is 39.3 Å². The maximum Gasteiger partial charge on any atom is 0.303 e. The highest BCUT2D eigenvalue weighted by Crippen LogP contribution is 2.40. The van der Waals surface area contributed by atoms with E-state index in [4.69, 9.17) is 5.11 Å². The van der Waals surface area contributed by atoms with Gasteiger partial charge in [0.15, 0.2) is 11.6 Å². The maximum atomic E-state index is 13.0. The molecule has 6 nitrogen and oxygen atoms in total. The fraction of sp³-hybridized carbons (Fsp3) is 0.158. The number of benzene rings is 2. The number of fused-ring (bicyclic) bond motifs is 2. The molecule has 0 fully saturated rings. The molecule has 0 saturated carbocycles. The Balaban J connectivity index is 2.02. The van der Waals surface area contributed by atoms with Crippen LogP contribution in [0.5, 0.6) is 0 Å². The molecular formula is C19H13Br2NO5. The number of carboxylic acid groups (broad SMARTS) is 1. The monoisotopic (exact) mass is 493 g/mol. The van der Waals surface area contributed by atoms with Gasteiger partial charge in [-0.2, -0.15) is 0 Å². The summed E-state index contributed by atoms with van der Waals surface area (Å²) in [7, 11) is 0. The minimum Gasteiger partial charge on any atom is -0.481 e. The zero-order chi connectivity index (χ0) is 19.7. The van der Waals surface area contributed by atoms with Crippen LogP contribution in [0.2, 0.25) is 0 Å². The summed E-state index contributed by atoms with van der Waals surface area (Å²) in [5, 5.41) is 11.3. The molecule has 2 N–H and O–H groups in total. The first kappa shape index (κ1) is 19.4. The Bertz CT molecular complexity index is 1000. The molecule has 0 unspecified atom stereocenters. The van der Waals surface area contributed by atoms with Crippen molar-refractivity contribution >= 4 is 61.0 Å². The normalized spacial score (nSPS) is 12.4. The largest absolute Gasteiger partial charge is 0.481 e. The van der Waals surface area contributed by atoms with Crippen LogP contribution in [0.4, 0.5) is 5.69 Å². The third-order valence-corrected chi connectivity index (χ3v) is 5.41. The first-order valence-electron chi connectivity index (χ1n) is 8.03. The summed E-state index contributed by atoms with van der Waals surface area (Å²) in [4.78, 5) is 48.7. The zero-order valence-corrected chi connectivity index (χ0v) is 17.0. The van der Waals surface area contributed by atoms with Gasteiger partial charge in [-0.3, -0.25) is 19.2 Å². The van der Waals surface area contributed by atoms with Crippen molar-refractivity contribution in [3.63, 3.8) is 0 Å². The van der Waals surface area contributed by atoms with E-state index in [0.29, 0.717) is 14.5 Å². The fourth-order valence-electron chi connectivity index (χ4n) is 2.94. The van der Waals surface area contributed by atoms with Gasteiger partial charge < -0.3 is 10.4 Å². The van der Waals surface area contributed by atoms with Crippen molar-refractivity contribution in [1.29, 1.82) is 0 Å². The first-order valence-corrected chi connectivity index (χ1v) is 9.62. The van der Waals surface area contributed by atoms with E-state index in [0.717, 1.165) is 0 Å². The number of anilines is 1. The van der Waals surface area contributed by atoms with Gasteiger partial charge in [0.2, 0.25) is 5.91 Å². The number of ketones is 2. The van der Waals surface area contributed by atoms with Crippen LogP contribution in [0, 0.1) is 0 Å². The minimum atomic E-state index is -0.984. The Morgan fingerprint density at radius 2 is 1.52 bits per heavy atom. The summed E-state index contributed by atoms with van der Waals surface area (Å²) < 4.78 is 0.890. The van der Waals surface area contributed by atoms with Gasteiger partial charge >= 0.3 is 5.97 Å². The Morgan fingerprint density at radius 3 is 2.11 bits per heavy atom. The average Bonchev–Trinajstić information content (AvgIpc) is 2.61. The molecule has 0 radical (unpaired) electrons. The number of carboxylic acids is 1. The van der Waals surface area contributed by atoms with E-state index in [1.54, 1.807) is 30.3 Å². The second-order valence-electron chi connectivity index (χ2n) is 5.96. The molecule has 2 aromatic rings. The second kappa shape index (κ2) is 7.74. The number of rotatable bonds is 5. The van der Waals surface area contributed by atoms with Crippen LogP contribution in [-0.2, 0) is 9.59 Å². The van der Waals surface area contributed by atoms with Crippen LogP contribution in [0.25, 0.3) is 0 Å². The van der Waals surface area contributed by atoms with E-state index in [2.05, 4.69) is 37.2 Å². The van der Waals surface area contributed by atoms with E-state index in [-0.39, 0.29) is 53.2 Å². The third-order valence-electron chi connectivity index (χ3n) is 4.16. The molecule has 0 atom stereocenters. The highest BCUT2D eigenvalue weighted by molar-refractivity contribution is 9.11. The smallest absolute Gasteiger partial charge is 0.303 e. The second-order valence-corrected chi connectivity index (χ2v) is 7.67. The first-order chi connectivity index (χ1) is 12.8. The summed E-state index contributed by atoms with van der Waals surface area (Å²) in [5.41, 5.74) is 1.12. The molecule has 0 saturated heterocycles. The molecule has 2 aromatic carbocycles. The van der Waals surface area contributed by atoms with E-state index in [9.17, 15) is 19.2 Å². The minimum absolute atomic E-state index is 0.0116. The van der Waals surface area contributed by atoms with Gasteiger partial charge in [0.25, 0.3) is 0 Å². The highest BCUT2D eigenvalue weighted by atomic mass is 79.9. The van der Waals surface area contributed by atoms with Crippen molar-refractivity contribution in [1.82, 2.24) is 0 Å². The molecule has 1 amide bonds. The molecular weight excluding hydrogens is 482 g/mol. The van der Waals surface area contributed by atoms with Crippen molar-refractivity contribution in [3.8, 4) is 0 Å². The summed E-state index contributed by atoms with van der Waals surface area (Å²) in [6.07, 6.45) is 0.0351. The van der Waals surface area contributed by atoms with Gasteiger partial charge in [0.05, 0.1) is 16.8 Å². The Morgan fingerprint density at radius 1 is 0.926 bits per heavy atom. The van der Waals surface area contributed by atoms with Gasteiger partial charge in [-0.25, -0.2) is 0 Å². The van der Waals surface area contributed by atoms with Crippen LogP contribution in [0.3, 0.4) is 0 Å². The van der Waals surface area contributed by atoms with Gasteiger partial charge in [0, 0.05) is 32.9 Å². The van der Waals surface area contributed by atoms with Crippen molar-refractivity contribution in [3.05, 3.63) is 61.5 Å². The van der Waals surface area contributed by atoms with E-state index in [1.165, 1.54) is 0 Å². The van der Waals surface area contributed by atoms with E-state index in [1.807, 2.05) is 0 Å².